The van der Waals surface area contributed by atoms with Crippen molar-refractivity contribution in [1.29, 1.82) is 0 Å². The van der Waals surface area contributed by atoms with Crippen LogP contribution in [-0.2, 0) is 20.1 Å². The van der Waals surface area contributed by atoms with Crippen LogP contribution < -0.4 is 0 Å². The van der Waals surface area contributed by atoms with Crippen LogP contribution in [0.4, 0.5) is 0 Å². The second-order valence-electron chi connectivity index (χ2n) is 7.05. The monoisotopic (exact) mass is 328 g/mol. The molecule has 0 aliphatic carbocycles. The lowest BCUT2D eigenvalue weighted by Crippen LogP contribution is -2.25. The topological polar surface area (TPSA) is 50.1 Å². The van der Waals surface area contributed by atoms with Gasteiger partial charge in [-0.3, -0.25) is 9.58 Å². The van der Waals surface area contributed by atoms with Crippen molar-refractivity contribution in [2.45, 2.75) is 45.8 Å². The summed E-state index contributed by atoms with van der Waals surface area (Å²) in [6, 6.07) is 2.32. The van der Waals surface area contributed by atoms with Crippen LogP contribution in [-0.4, -0.2) is 50.2 Å². The van der Waals surface area contributed by atoms with Gasteiger partial charge in [-0.2, -0.15) is 5.10 Å². The zero-order chi connectivity index (χ0) is 17.3. The highest BCUT2D eigenvalue weighted by Gasteiger charge is 2.29. The van der Waals surface area contributed by atoms with Gasteiger partial charge in [0.25, 0.3) is 0 Å². The van der Waals surface area contributed by atoms with Crippen LogP contribution in [0.25, 0.3) is 0 Å². The number of nitrogens with zero attached hydrogens (tertiary/aromatic N) is 6. The van der Waals surface area contributed by atoms with Gasteiger partial charge in [-0.05, 0) is 53.4 Å². The van der Waals surface area contributed by atoms with Crippen molar-refractivity contribution in [2.24, 2.45) is 7.05 Å². The SMILES string of the molecule is Cc1nn(C)c(C)c1CN1CCC[C@@H]1c1nccc(CN(C)C)n1. The Labute approximate surface area is 144 Å². The molecule has 3 heterocycles. The van der Waals surface area contributed by atoms with Crippen molar-refractivity contribution in [2.75, 3.05) is 20.6 Å². The van der Waals surface area contributed by atoms with E-state index in [0.29, 0.717) is 6.04 Å². The van der Waals surface area contributed by atoms with Gasteiger partial charge < -0.3 is 4.90 Å². The first-order valence-electron chi connectivity index (χ1n) is 8.65. The molecule has 0 aromatic carbocycles. The molecule has 1 saturated heterocycles. The van der Waals surface area contributed by atoms with Crippen LogP contribution in [0.5, 0.6) is 0 Å². The van der Waals surface area contributed by atoms with Crippen LogP contribution in [0.1, 0.15) is 47.4 Å². The number of hydrogen-bond donors (Lipinski definition) is 0. The standard InChI is InChI=1S/C18H28N6/c1-13-16(14(2)23(5)21-13)12-24-10-6-7-17(24)18-19-9-8-15(20-18)11-22(3)4/h8-9,17H,6-7,10-12H2,1-5H3/t17-/m1/s1. The first-order valence-corrected chi connectivity index (χ1v) is 8.65. The van der Waals surface area contributed by atoms with Gasteiger partial charge in [0.15, 0.2) is 0 Å². The number of rotatable bonds is 5. The van der Waals surface area contributed by atoms with Gasteiger partial charge in [0, 0.05) is 37.6 Å². The van der Waals surface area contributed by atoms with Gasteiger partial charge in [-0.15, -0.1) is 0 Å². The lowest BCUT2D eigenvalue weighted by molar-refractivity contribution is 0.238. The molecule has 1 aliphatic rings. The van der Waals surface area contributed by atoms with Gasteiger partial charge in [0.2, 0.25) is 0 Å². The lowest BCUT2D eigenvalue weighted by atomic mass is 10.1. The molecule has 1 atom stereocenters. The average Bonchev–Trinajstić information content (AvgIpc) is 3.07. The Bertz CT molecular complexity index is 706. The molecule has 130 valence electrons. The zero-order valence-electron chi connectivity index (χ0n) is 15.5. The van der Waals surface area contributed by atoms with E-state index in [0.717, 1.165) is 43.3 Å². The van der Waals surface area contributed by atoms with E-state index in [9.17, 15) is 0 Å². The molecule has 0 amide bonds. The molecule has 0 unspecified atom stereocenters. The van der Waals surface area contributed by atoms with Crippen molar-refractivity contribution >= 4 is 0 Å². The quantitative estimate of drug-likeness (QED) is 0.842. The Morgan fingerprint density at radius 3 is 2.75 bits per heavy atom. The Morgan fingerprint density at radius 1 is 1.29 bits per heavy atom. The highest BCUT2D eigenvalue weighted by molar-refractivity contribution is 5.24. The van der Waals surface area contributed by atoms with E-state index >= 15 is 0 Å². The van der Waals surface area contributed by atoms with E-state index in [2.05, 4.69) is 47.8 Å². The molecule has 6 heteroatoms. The first-order chi connectivity index (χ1) is 11.5. The summed E-state index contributed by atoms with van der Waals surface area (Å²) in [4.78, 5) is 14.0. The maximum atomic E-state index is 4.82. The number of hydrogen-bond acceptors (Lipinski definition) is 5. The number of likely N-dealkylation sites (tertiary alicyclic amines) is 1. The molecular formula is C18H28N6. The van der Waals surface area contributed by atoms with Crippen LogP contribution in [0.3, 0.4) is 0 Å². The molecule has 1 fully saturated rings. The number of aryl methyl sites for hydroxylation is 2. The smallest absolute Gasteiger partial charge is 0.145 e. The van der Waals surface area contributed by atoms with Crippen LogP contribution >= 0.6 is 0 Å². The summed E-state index contributed by atoms with van der Waals surface area (Å²) in [5.74, 6) is 0.964. The maximum absolute atomic E-state index is 4.82. The average molecular weight is 328 g/mol. The minimum atomic E-state index is 0.311. The highest BCUT2D eigenvalue weighted by Crippen LogP contribution is 2.32. The first kappa shape index (κ1) is 17.0. The van der Waals surface area contributed by atoms with Gasteiger partial charge in [0.05, 0.1) is 17.4 Å². The second-order valence-corrected chi connectivity index (χ2v) is 7.05. The van der Waals surface area contributed by atoms with Crippen LogP contribution in [0, 0.1) is 13.8 Å². The zero-order valence-corrected chi connectivity index (χ0v) is 15.5. The summed E-state index contributed by atoms with van der Waals surface area (Å²) in [5.41, 5.74) is 4.81. The maximum Gasteiger partial charge on any atom is 0.145 e. The van der Waals surface area contributed by atoms with Crippen molar-refractivity contribution in [3.05, 3.63) is 40.7 Å². The summed E-state index contributed by atoms with van der Waals surface area (Å²) in [6.45, 7) is 7.12. The third kappa shape index (κ3) is 3.49. The van der Waals surface area contributed by atoms with Crippen molar-refractivity contribution in [3.63, 3.8) is 0 Å². The van der Waals surface area contributed by atoms with Crippen LogP contribution in [0.15, 0.2) is 12.3 Å². The van der Waals surface area contributed by atoms with Crippen molar-refractivity contribution < 1.29 is 0 Å². The molecule has 0 spiro atoms. The predicted octanol–water partition coefficient (Wildman–Crippen LogP) is 2.23. The third-order valence-electron chi connectivity index (χ3n) is 4.89. The van der Waals surface area contributed by atoms with E-state index in [1.165, 1.54) is 17.7 Å². The Hall–Kier alpha value is -1.79. The van der Waals surface area contributed by atoms with Gasteiger partial charge in [0.1, 0.15) is 5.82 Å². The predicted molar refractivity (Wildman–Crippen MR) is 94.5 cm³/mol. The summed E-state index contributed by atoms with van der Waals surface area (Å²) in [6.07, 6.45) is 4.23. The molecule has 3 rings (SSSR count). The van der Waals surface area contributed by atoms with E-state index in [1.54, 1.807) is 0 Å². The number of aromatic nitrogens is 4. The van der Waals surface area contributed by atoms with E-state index in [1.807, 2.05) is 24.0 Å². The molecule has 24 heavy (non-hydrogen) atoms. The van der Waals surface area contributed by atoms with E-state index in [-0.39, 0.29) is 0 Å². The van der Waals surface area contributed by atoms with Crippen molar-refractivity contribution in [1.82, 2.24) is 29.5 Å². The molecule has 1 aliphatic heterocycles. The fourth-order valence-corrected chi connectivity index (χ4v) is 3.54. The second kappa shape index (κ2) is 6.99. The Kier molecular flexibility index (Phi) is 4.96. The molecule has 2 aromatic heterocycles. The van der Waals surface area contributed by atoms with Gasteiger partial charge in [-0.1, -0.05) is 0 Å². The Morgan fingerprint density at radius 2 is 2.08 bits per heavy atom. The summed E-state index contributed by atoms with van der Waals surface area (Å²) in [5, 5.41) is 4.55. The summed E-state index contributed by atoms with van der Waals surface area (Å²) < 4.78 is 1.98. The lowest BCUT2D eigenvalue weighted by Gasteiger charge is -2.24. The van der Waals surface area contributed by atoms with E-state index in [4.69, 9.17) is 4.98 Å². The third-order valence-corrected chi connectivity index (χ3v) is 4.89. The highest BCUT2D eigenvalue weighted by atomic mass is 15.3. The molecule has 0 N–H and O–H groups in total. The normalized spacial score (nSPS) is 18.7. The fourth-order valence-electron chi connectivity index (χ4n) is 3.54. The molecular weight excluding hydrogens is 300 g/mol. The molecule has 0 radical (unpaired) electrons. The largest absolute Gasteiger partial charge is 0.304 e. The Balaban J connectivity index is 1.80. The van der Waals surface area contributed by atoms with E-state index < -0.39 is 0 Å². The van der Waals surface area contributed by atoms with Gasteiger partial charge in [-0.25, -0.2) is 9.97 Å². The minimum absolute atomic E-state index is 0.311. The minimum Gasteiger partial charge on any atom is -0.304 e. The molecule has 2 aromatic rings. The van der Waals surface area contributed by atoms with Gasteiger partial charge >= 0.3 is 0 Å². The van der Waals surface area contributed by atoms with Crippen molar-refractivity contribution in [3.8, 4) is 0 Å². The molecule has 0 bridgehead atoms. The summed E-state index contributed by atoms with van der Waals surface area (Å²) in [7, 11) is 6.15. The van der Waals surface area contributed by atoms with Crippen LogP contribution in [0.2, 0.25) is 0 Å². The molecule has 0 saturated carbocycles. The molecule has 6 nitrogen and oxygen atoms in total. The fraction of sp³-hybridized carbons (Fsp3) is 0.611. The summed E-state index contributed by atoms with van der Waals surface area (Å²) >= 11 is 0.